The van der Waals surface area contributed by atoms with Crippen molar-refractivity contribution in [2.75, 3.05) is 0 Å². The van der Waals surface area contributed by atoms with Crippen LogP contribution in [0.3, 0.4) is 0 Å². The summed E-state index contributed by atoms with van der Waals surface area (Å²) in [4.78, 5) is 8.00. The number of carbonyl (C=O) groups is 1. The van der Waals surface area contributed by atoms with E-state index in [1.165, 1.54) is 19.3 Å². The van der Waals surface area contributed by atoms with Crippen molar-refractivity contribution in [1.29, 1.82) is 0 Å². The normalized spacial score (nSPS) is 10.7. The summed E-state index contributed by atoms with van der Waals surface area (Å²) in [7, 11) is -3.67. The Balaban J connectivity index is 0. The first kappa shape index (κ1) is 17.1. The molecule has 1 aromatic carbocycles. The monoisotopic (exact) mass is 236 g/mol. The lowest BCUT2D eigenvalue weighted by molar-refractivity contribution is -0.0979. The Kier molecular flexibility index (Phi) is 10.9. The van der Waals surface area contributed by atoms with Crippen LogP contribution in [0.2, 0.25) is 0 Å². The Hall–Kier alpha value is -1.33. The highest BCUT2D eigenvalue weighted by molar-refractivity contribution is 6.33. The predicted octanol–water partition coefficient (Wildman–Crippen LogP) is 3.02. The summed E-state index contributed by atoms with van der Waals surface area (Å²) in [6, 6.07) is 8.74. The van der Waals surface area contributed by atoms with E-state index in [1.54, 1.807) is 11.1 Å². The fourth-order valence-electron chi connectivity index (χ4n) is 1.51. The molecule has 1 aliphatic carbocycles. The molecule has 0 amide bonds. The van der Waals surface area contributed by atoms with Crippen molar-refractivity contribution in [3.63, 3.8) is 0 Å². The van der Waals surface area contributed by atoms with Crippen molar-refractivity contribution in [3.05, 3.63) is 35.4 Å². The molecule has 0 atom stereocenters. The van der Waals surface area contributed by atoms with Crippen LogP contribution in [0.5, 0.6) is 0 Å². The quantitative estimate of drug-likeness (QED) is 0.499. The van der Waals surface area contributed by atoms with E-state index < -0.39 is 7.54 Å². The Morgan fingerprint density at radius 3 is 1.62 bits per heavy atom. The Morgan fingerprint density at radius 1 is 1.00 bits per heavy atom. The summed E-state index contributed by atoms with van der Waals surface area (Å²) in [6.07, 6.45) is 3.96. The van der Waals surface area contributed by atoms with Crippen molar-refractivity contribution >= 4 is 14.3 Å². The zero-order valence-corrected chi connectivity index (χ0v) is 8.67. The molecule has 1 nitrogen and oxygen atoms in total. The van der Waals surface area contributed by atoms with E-state index in [-0.39, 0.29) is 4.70 Å². The molecule has 0 N–H and O–H groups in total. The first-order valence-corrected chi connectivity index (χ1v) is 4.48. The van der Waals surface area contributed by atoms with Crippen LogP contribution in [-0.2, 0) is 17.6 Å². The van der Waals surface area contributed by atoms with Crippen LogP contribution in [0.4, 0.5) is 17.7 Å². The second-order valence-corrected chi connectivity index (χ2v) is 2.87. The number of hydrogen-bond donors (Lipinski definition) is 0. The molecule has 0 radical (unpaired) electrons. The van der Waals surface area contributed by atoms with Gasteiger partial charge in [0.15, 0.2) is 0 Å². The molecule has 0 fully saturated rings. The van der Waals surface area contributed by atoms with Gasteiger partial charge in [0.2, 0.25) is 0 Å². The number of rotatable bonds is 0. The van der Waals surface area contributed by atoms with E-state index in [2.05, 4.69) is 24.3 Å². The van der Waals surface area contributed by atoms with Gasteiger partial charge < -0.3 is 4.79 Å². The highest BCUT2D eigenvalue weighted by Gasteiger charge is 2.07. The number of hydrogen-bond acceptors (Lipinski definition) is 1. The van der Waals surface area contributed by atoms with Crippen molar-refractivity contribution in [2.45, 2.75) is 19.3 Å². The molecule has 1 aliphatic rings. The molecule has 2 rings (SSSR count). The standard InChI is InChI=1S/C9H10.CH2O.BF3.FH/c1-2-5-9-7-3-6-8(9)4-1;1-2;2-1(3)4;/h1-2,4-5H,3,6-7H2;1H2;;1H. The van der Waals surface area contributed by atoms with E-state index in [0.29, 0.717) is 0 Å². The van der Waals surface area contributed by atoms with Crippen molar-refractivity contribution in [1.82, 2.24) is 0 Å². The lowest BCUT2D eigenvalue weighted by Crippen LogP contribution is -1.77. The number of fused-ring (bicyclic) bond motifs is 1. The first-order chi connectivity index (χ1) is 7.20. The molecule has 0 saturated carbocycles. The van der Waals surface area contributed by atoms with E-state index in [1.807, 2.05) is 6.79 Å². The molecule has 0 spiro atoms. The van der Waals surface area contributed by atoms with Crippen molar-refractivity contribution in [3.8, 4) is 0 Å². The topological polar surface area (TPSA) is 17.1 Å². The number of aryl methyl sites for hydroxylation is 2. The third kappa shape index (κ3) is 7.03. The largest absolute Gasteiger partial charge is 0.762 e. The van der Waals surface area contributed by atoms with Crippen LogP contribution in [-0.4, -0.2) is 14.3 Å². The highest BCUT2D eigenvalue weighted by atomic mass is 19.4. The van der Waals surface area contributed by atoms with Gasteiger partial charge in [0, 0.05) is 0 Å². The van der Waals surface area contributed by atoms with Crippen LogP contribution in [0.25, 0.3) is 0 Å². The van der Waals surface area contributed by atoms with Crippen LogP contribution in [0.1, 0.15) is 17.5 Å². The molecule has 0 aliphatic heterocycles. The van der Waals surface area contributed by atoms with E-state index in [4.69, 9.17) is 4.79 Å². The van der Waals surface area contributed by atoms with Gasteiger partial charge in [-0.1, -0.05) is 24.3 Å². The molecule has 90 valence electrons. The van der Waals surface area contributed by atoms with E-state index in [0.717, 1.165) is 0 Å². The van der Waals surface area contributed by atoms with Crippen LogP contribution >= 0.6 is 0 Å². The molecule has 0 saturated heterocycles. The van der Waals surface area contributed by atoms with Gasteiger partial charge in [-0.3, -0.25) is 17.7 Å². The van der Waals surface area contributed by atoms with Gasteiger partial charge in [-0.05, 0) is 30.4 Å². The maximum atomic E-state index is 9.67. The Labute approximate surface area is 92.3 Å². The van der Waals surface area contributed by atoms with Gasteiger partial charge in [0.1, 0.15) is 6.79 Å². The van der Waals surface area contributed by atoms with Gasteiger partial charge in [-0.25, -0.2) is 0 Å². The van der Waals surface area contributed by atoms with Crippen molar-refractivity contribution in [2.24, 2.45) is 0 Å². The zero-order valence-electron chi connectivity index (χ0n) is 8.67. The van der Waals surface area contributed by atoms with Gasteiger partial charge in [-0.2, -0.15) is 0 Å². The average molecular weight is 236 g/mol. The zero-order chi connectivity index (χ0) is 11.7. The fraction of sp³-hybridized carbons (Fsp3) is 0.300. The minimum atomic E-state index is -3.67. The average Bonchev–Trinajstić information content (AvgIpc) is 2.67. The molecular formula is C10H13BF4O. The lowest BCUT2D eigenvalue weighted by atomic mass is 10.1. The lowest BCUT2D eigenvalue weighted by Gasteiger charge is -1.93. The van der Waals surface area contributed by atoms with E-state index in [9.17, 15) is 12.9 Å². The maximum absolute atomic E-state index is 9.67. The summed E-state index contributed by atoms with van der Waals surface area (Å²) >= 11 is 0. The van der Waals surface area contributed by atoms with Crippen molar-refractivity contribution < 1.29 is 22.4 Å². The molecule has 1 aromatic rings. The summed E-state index contributed by atoms with van der Waals surface area (Å²) in [5.74, 6) is 0. The van der Waals surface area contributed by atoms with Gasteiger partial charge >= 0.3 is 7.54 Å². The third-order valence-corrected chi connectivity index (χ3v) is 2.01. The van der Waals surface area contributed by atoms with Crippen LogP contribution in [0.15, 0.2) is 24.3 Å². The van der Waals surface area contributed by atoms with Gasteiger partial charge in [-0.15, -0.1) is 0 Å². The predicted molar refractivity (Wildman–Crippen MR) is 57.2 cm³/mol. The molecule has 0 bridgehead atoms. The first-order valence-electron chi connectivity index (χ1n) is 4.48. The second-order valence-electron chi connectivity index (χ2n) is 2.87. The minimum absolute atomic E-state index is 0. The molecule has 0 aromatic heterocycles. The summed E-state index contributed by atoms with van der Waals surface area (Å²) in [6.45, 7) is 2.00. The summed E-state index contributed by atoms with van der Waals surface area (Å²) < 4.78 is 29.0. The molecule has 0 heterocycles. The molecule has 0 unspecified atom stereocenters. The third-order valence-electron chi connectivity index (χ3n) is 2.01. The SMILES string of the molecule is C=O.F.FB(F)F.c1ccc2c(c1)CCC2. The Morgan fingerprint density at radius 2 is 1.31 bits per heavy atom. The van der Waals surface area contributed by atoms with E-state index >= 15 is 0 Å². The van der Waals surface area contributed by atoms with Crippen LogP contribution in [0, 0.1) is 0 Å². The van der Waals surface area contributed by atoms with Gasteiger partial charge in [0.25, 0.3) is 0 Å². The fourth-order valence-corrected chi connectivity index (χ4v) is 1.51. The molecule has 16 heavy (non-hydrogen) atoms. The Bertz CT molecular complexity index is 258. The summed E-state index contributed by atoms with van der Waals surface area (Å²) in [5.41, 5.74) is 3.13. The highest BCUT2D eigenvalue weighted by Crippen LogP contribution is 2.20. The molecular weight excluding hydrogens is 223 g/mol. The summed E-state index contributed by atoms with van der Waals surface area (Å²) in [5, 5.41) is 0. The number of carbonyl (C=O) groups excluding carboxylic acids is 1. The molecule has 6 heteroatoms. The van der Waals surface area contributed by atoms with Crippen LogP contribution < -0.4 is 0 Å². The maximum Gasteiger partial charge on any atom is 0.762 e. The minimum Gasteiger partial charge on any atom is -0.307 e. The smallest absolute Gasteiger partial charge is 0.307 e. The van der Waals surface area contributed by atoms with Gasteiger partial charge in [0.05, 0.1) is 0 Å². The number of benzene rings is 1. The number of halogens is 4. The second kappa shape index (κ2) is 10.2.